The smallest absolute Gasteiger partial charge is 0.115 e. The Balaban J connectivity index is 1.95. The molecule has 0 amide bonds. The summed E-state index contributed by atoms with van der Waals surface area (Å²) in [5.74, 6) is 0. The summed E-state index contributed by atoms with van der Waals surface area (Å²) in [5.41, 5.74) is 2.66. The summed E-state index contributed by atoms with van der Waals surface area (Å²) in [6, 6.07) is 0. The van der Waals surface area contributed by atoms with Crippen LogP contribution in [-0.2, 0) is 5.41 Å². The minimum absolute atomic E-state index is 0.283. The van der Waals surface area contributed by atoms with E-state index in [2.05, 4.69) is 27.2 Å². The van der Waals surface area contributed by atoms with Crippen molar-refractivity contribution in [3.8, 4) is 0 Å². The van der Waals surface area contributed by atoms with Crippen LogP contribution in [0.1, 0.15) is 18.5 Å². The number of hydrogen-bond donors (Lipinski definition) is 1. The molecule has 3 heterocycles. The highest BCUT2D eigenvalue weighted by molar-refractivity contribution is 5.55. The molecule has 0 saturated carbocycles. The molecule has 0 unspecified atom stereocenters. The Morgan fingerprint density at radius 3 is 3.00 bits per heavy atom. The molecule has 1 fully saturated rings. The van der Waals surface area contributed by atoms with Gasteiger partial charge in [-0.2, -0.15) is 0 Å². The van der Waals surface area contributed by atoms with Gasteiger partial charge in [0.1, 0.15) is 6.33 Å². The van der Waals surface area contributed by atoms with E-state index in [4.69, 9.17) is 0 Å². The maximum Gasteiger partial charge on any atom is 0.115 e. The third kappa shape index (κ3) is 1.32. The zero-order chi connectivity index (χ0) is 10.3. The molecule has 80 valence electrons. The average Bonchev–Trinajstić information content (AvgIpc) is 2.63. The monoisotopic (exact) mass is 204 g/mol. The first kappa shape index (κ1) is 9.09. The van der Waals surface area contributed by atoms with Crippen LogP contribution >= 0.6 is 0 Å². The molecule has 0 bridgehead atoms. The summed E-state index contributed by atoms with van der Waals surface area (Å²) in [7, 11) is 2.19. The van der Waals surface area contributed by atoms with Gasteiger partial charge < -0.3 is 10.2 Å². The molecule has 1 aromatic rings. The van der Waals surface area contributed by atoms with Gasteiger partial charge in [0.25, 0.3) is 0 Å². The second-order valence-electron chi connectivity index (χ2n) is 4.72. The Morgan fingerprint density at radius 2 is 2.20 bits per heavy atom. The van der Waals surface area contributed by atoms with Crippen LogP contribution in [0.5, 0.6) is 0 Å². The molecule has 0 aliphatic carbocycles. The molecule has 1 aromatic heterocycles. The number of nitrogens with one attached hydrogen (secondary N) is 1. The van der Waals surface area contributed by atoms with E-state index < -0.39 is 0 Å². The first-order valence-corrected chi connectivity index (χ1v) is 5.53. The van der Waals surface area contributed by atoms with E-state index in [0.29, 0.717) is 0 Å². The van der Waals surface area contributed by atoms with Crippen molar-refractivity contribution < 1.29 is 0 Å². The van der Waals surface area contributed by atoms with E-state index in [1.807, 2.05) is 6.20 Å². The van der Waals surface area contributed by atoms with Gasteiger partial charge in [0, 0.05) is 12.0 Å². The predicted octanol–water partition coefficient (Wildman–Crippen LogP) is 0.865. The number of fused-ring (bicyclic) bond motifs is 2. The van der Waals surface area contributed by atoms with Gasteiger partial charge in [-0.15, -0.1) is 0 Å². The minimum Gasteiger partial charge on any atom is -0.381 e. The Labute approximate surface area is 89.7 Å². The molecule has 0 aromatic carbocycles. The molecule has 3 rings (SSSR count). The SMILES string of the molecule is CN1CCC2(CC1)CNc1cncnc12. The molecule has 1 N–H and O–H groups in total. The van der Waals surface area contributed by atoms with Gasteiger partial charge in [-0.3, -0.25) is 0 Å². The third-order valence-electron chi connectivity index (χ3n) is 3.78. The van der Waals surface area contributed by atoms with Crippen LogP contribution in [0.2, 0.25) is 0 Å². The van der Waals surface area contributed by atoms with Crippen LogP contribution in [0, 0.1) is 0 Å². The molecule has 4 nitrogen and oxygen atoms in total. The molecule has 2 aliphatic heterocycles. The number of anilines is 1. The van der Waals surface area contributed by atoms with E-state index >= 15 is 0 Å². The maximum absolute atomic E-state index is 4.47. The van der Waals surface area contributed by atoms with Crippen molar-refractivity contribution in [2.24, 2.45) is 0 Å². The van der Waals surface area contributed by atoms with Gasteiger partial charge in [-0.1, -0.05) is 0 Å². The van der Waals surface area contributed by atoms with E-state index in [9.17, 15) is 0 Å². The number of rotatable bonds is 0. The molecule has 0 atom stereocenters. The summed E-state index contributed by atoms with van der Waals surface area (Å²) in [6.07, 6.45) is 5.99. The van der Waals surface area contributed by atoms with Gasteiger partial charge in [0.15, 0.2) is 0 Å². The molecule has 0 radical (unpaired) electrons. The highest BCUT2D eigenvalue weighted by Gasteiger charge is 2.42. The predicted molar refractivity (Wildman–Crippen MR) is 58.9 cm³/mol. The molecule has 1 spiro atoms. The van der Waals surface area contributed by atoms with Crippen molar-refractivity contribution in [2.75, 3.05) is 32.0 Å². The van der Waals surface area contributed by atoms with Gasteiger partial charge in [-0.05, 0) is 33.0 Å². The topological polar surface area (TPSA) is 41.0 Å². The molecule has 4 heteroatoms. The summed E-state index contributed by atoms with van der Waals surface area (Å²) < 4.78 is 0. The quantitative estimate of drug-likeness (QED) is 0.680. The normalized spacial score (nSPS) is 23.8. The first-order valence-electron chi connectivity index (χ1n) is 5.53. The number of aromatic nitrogens is 2. The Kier molecular flexibility index (Phi) is 1.92. The number of likely N-dealkylation sites (tertiary alicyclic amines) is 1. The molecular formula is C11H16N4. The van der Waals surface area contributed by atoms with Crippen LogP contribution in [-0.4, -0.2) is 41.5 Å². The van der Waals surface area contributed by atoms with E-state index in [1.165, 1.54) is 31.6 Å². The Bertz CT molecular complexity index is 369. The van der Waals surface area contributed by atoms with Crippen LogP contribution in [0.25, 0.3) is 0 Å². The first-order chi connectivity index (χ1) is 7.30. The average molecular weight is 204 g/mol. The van der Waals surface area contributed by atoms with E-state index in [0.717, 1.165) is 12.2 Å². The molecular weight excluding hydrogens is 188 g/mol. The lowest BCUT2D eigenvalue weighted by Gasteiger charge is -2.36. The summed E-state index contributed by atoms with van der Waals surface area (Å²) in [6.45, 7) is 3.38. The zero-order valence-electron chi connectivity index (χ0n) is 9.03. The lowest BCUT2D eigenvalue weighted by atomic mass is 9.77. The maximum atomic E-state index is 4.47. The van der Waals surface area contributed by atoms with Crippen LogP contribution < -0.4 is 5.32 Å². The Morgan fingerprint density at radius 1 is 1.40 bits per heavy atom. The standard InChI is InChI=1S/C11H16N4/c1-15-4-2-11(3-5-15)7-13-9-6-12-8-14-10(9)11/h6,8,13H,2-5,7H2,1H3. The van der Waals surface area contributed by atoms with Gasteiger partial charge in [-0.25, -0.2) is 9.97 Å². The highest BCUT2D eigenvalue weighted by atomic mass is 15.1. The number of piperidine rings is 1. The fourth-order valence-corrected chi connectivity index (χ4v) is 2.69. The van der Waals surface area contributed by atoms with Crippen molar-refractivity contribution in [1.82, 2.24) is 14.9 Å². The summed E-state index contributed by atoms with van der Waals surface area (Å²) in [5, 5.41) is 3.43. The van der Waals surface area contributed by atoms with Crippen molar-refractivity contribution in [3.63, 3.8) is 0 Å². The second-order valence-corrected chi connectivity index (χ2v) is 4.72. The lowest BCUT2D eigenvalue weighted by molar-refractivity contribution is 0.197. The Hall–Kier alpha value is -1.16. The lowest BCUT2D eigenvalue weighted by Crippen LogP contribution is -2.42. The number of nitrogens with zero attached hydrogens (tertiary/aromatic N) is 3. The van der Waals surface area contributed by atoms with Crippen molar-refractivity contribution in [3.05, 3.63) is 18.2 Å². The van der Waals surface area contributed by atoms with E-state index in [1.54, 1.807) is 6.33 Å². The van der Waals surface area contributed by atoms with Gasteiger partial charge >= 0.3 is 0 Å². The van der Waals surface area contributed by atoms with Crippen LogP contribution in [0.3, 0.4) is 0 Å². The summed E-state index contributed by atoms with van der Waals surface area (Å²) >= 11 is 0. The van der Waals surface area contributed by atoms with Crippen molar-refractivity contribution >= 4 is 5.69 Å². The molecule has 2 aliphatic rings. The van der Waals surface area contributed by atoms with Crippen LogP contribution in [0.4, 0.5) is 5.69 Å². The van der Waals surface area contributed by atoms with Crippen molar-refractivity contribution in [1.29, 1.82) is 0 Å². The minimum atomic E-state index is 0.283. The summed E-state index contributed by atoms with van der Waals surface area (Å²) in [4.78, 5) is 10.9. The zero-order valence-corrected chi connectivity index (χ0v) is 9.03. The van der Waals surface area contributed by atoms with Gasteiger partial charge in [0.05, 0.1) is 17.6 Å². The fraction of sp³-hybridized carbons (Fsp3) is 0.636. The number of hydrogen-bond acceptors (Lipinski definition) is 4. The molecule has 15 heavy (non-hydrogen) atoms. The van der Waals surface area contributed by atoms with Crippen molar-refractivity contribution in [2.45, 2.75) is 18.3 Å². The highest BCUT2D eigenvalue weighted by Crippen LogP contribution is 2.41. The third-order valence-corrected chi connectivity index (χ3v) is 3.78. The second kappa shape index (κ2) is 3.17. The largest absolute Gasteiger partial charge is 0.381 e. The fourth-order valence-electron chi connectivity index (χ4n) is 2.69. The van der Waals surface area contributed by atoms with E-state index in [-0.39, 0.29) is 5.41 Å². The van der Waals surface area contributed by atoms with Gasteiger partial charge in [0.2, 0.25) is 0 Å². The van der Waals surface area contributed by atoms with Crippen LogP contribution in [0.15, 0.2) is 12.5 Å². The molecule has 1 saturated heterocycles.